The second-order valence-electron chi connectivity index (χ2n) is 3.96. The van der Waals surface area contributed by atoms with Gasteiger partial charge in [0.2, 0.25) is 0 Å². The lowest BCUT2D eigenvalue weighted by Crippen LogP contribution is -2.36. The molecule has 0 radical (unpaired) electrons. The highest BCUT2D eigenvalue weighted by atomic mass is 32.2. The van der Waals surface area contributed by atoms with Gasteiger partial charge in [0.1, 0.15) is 0 Å². The molecule has 0 aromatic heterocycles. The van der Waals surface area contributed by atoms with Gasteiger partial charge >= 0.3 is 6.03 Å². The summed E-state index contributed by atoms with van der Waals surface area (Å²) in [6.45, 7) is 0.653. The summed E-state index contributed by atoms with van der Waals surface area (Å²) in [6, 6.07) is 11.2. The number of hydrogen-bond donors (Lipinski definition) is 1. The number of nitrogens with zero attached hydrogens (tertiary/aromatic N) is 3. The van der Waals surface area contributed by atoms with Crippen LogP contribution in [0.3, 0.4) is 0 Å². The van der Waals surface area contributed by atoms with Gasteiger partial charge in [0.25, 0.3) is 0 Å². The molecule has 0 aliphatic carbocycles. The summed E-state index contributed by atoms with van der Waals surface area (Å²) in [6.07, 6.45) is 2.49. The number of hydrogen-bond acceptors (Lipinski definition) is 4. The summed E-state index contributed by atoms with van der Waals surface area (Å²) in [7, 11) is 0. The average Bonchev–Trinajstić information content (AvgIpc) is 2.48. The molecule has 0 saturated heterocycles. The van der Waals surface area contributed by atoms with Crippen LogP contribution < -0.4 is 5.32 Å². The van der Waals surface area contributed by atoms with Crippen molar-refractivity contribution in [2.45, 2.75) is 17.7 Å². The summed E-state index contributed by atoms with van der Waals surface area (Å²) < 4.78 is 0. The van der Waals surface area contributed by atoms with Crippen molar-refractivity contribution in [3.05, 3.63) is 24.3 Å². The van der Waals surface area contributed by atoms with Crippen LogP contribution in [0.25, 0.3) is 0 Å². The van der Waals surface area contributed by atoms with Crippen molar-refractivity contribution in [3.8, 4) is 12.1 Å². The van der Waals surface area contributed by atoms with Gasteiger partial charge in [-0.1, -0.05) is 0 Å². The van der Waals surface area contributed by atoms with E-state index in [2.05, 4.69) is 5.32 Å². The Hall–Kier alpha value is -2.18. The molecule has 1 aromatic carbocycles. The maximum Gasteiger partial charge on any atom is 0.321 e. The lowest BCUT2D eigenvalue weighted by molar-refractivity contribution is 0.214. The van der Waals surface area contributed by atoms with Crippen LogP contribution in [0.2, 0.25) is 0 Å². The van der Waals surface area contributed by atoms with Crippen LogP contribution >= 0.6 is 11.8 Å². The van der Waals surface area contributed by atoms with Crippen molar-refractivity contribution in [1.29, 1.82) is 10.5 Å². The number of amides is 2. The van der Waals surface area contributed by atoms with Crippen molar-refractivity contribution < 1.29 is 4.79 Å². The molecule has 1 N–H and O–H groups in total. The first kappa shape index (κ1) is 15.9. The van der Waals surface area contributed by atoms with Gasteiger partial charge in [0.05, 0.1) is 25.0 Å². The molecule has 0 aliphatic heterocycles. The number of benzene rings is 1. The third kappa shape index (κ3) is 5.21. The first-order valence-corrected chi connectivity index (χ1v) is 7.37. The van der Waals surface area contributed by atoms with E-state index in [1.54, 1.807) is 11.8 Å². The fourth-order valence-electron chi connectivity index (χ4n) is 1.56. The quantitative estimate of drug-likeness (QED) is 0.816. The Kier molecular flexibility index (Phi) is 7.02. The fourth-order valence-corrected chi connectivity index (χ4v) is 1.97. The van der Waals surface area contributed by atoms with Crippen molar-refractivity contribution >= 4 is 23.5 Å². The zero-order valence-electron chi connectivity index (χ0n) is 11.3. The maximum absolute atomic E-state index is 12.1. The van der Waals surface area contributed by atoms with E-state index in [1.807, 2.05) is 42.7 Å². The van der Waals surface area contributed by atoms with Crippen LogP contribution in [-0.4, -0.2) is 30.3 Å². The van der Waals surface area contributed by atoms with Gasteiger partial charge in [0.15, 0.2) is 0 Å². The zero-order chi connectivity index (χ0) is 14.8. The number of anilines is 1. The molecule has 0 bridgehead atoms. The standard InChI is InChI=1S/C14H16N4OS/c1-20-13-6-4-12(5-7-13)17-14(19)18(10-2-8-15)11-3-9-16/h4-7H,2-3,10-11H2,1H3,(H,17,19). The van der Waals surface area contributed by atoms with Crippen molar-refractivity contribution in [1.82, 2.24) is 4.90 Å². The second kappa shape index (κ2) is 8.84. The van der Waals surface area contributed by atoms with E-state index in [0.717, 1.165) is 4.90 Å². The molecule has 20 heavy (non-hydrogen) atoms. The van der Waals surface area contributed by atoms with Crippen molar-refractivity contribution in [2.75, 3.05) is 24.7 Å². The molecular weight excluding hydrogens is 272 g/mol. The number of nitrogens with one attached hydrogen (secondary N) is 1. The molecule has 0 fully saturated rings. The Labute approximate surface area is 123 Å². The highest BCUT2D eigenvalue weighted by molar-refractivity contribution is 7.98. The molecular formula is C14H16N4OS. The molecule has 0 spiro atoms. The predicted octanol–water partition coefficient (Wildman–Crippen LogP) is 3.07. The smallest absolute Gasteiger partial charge is 0.321 e. The molecule has 1 rings (SSSR count). The number of carbonyl (C=O) groups is 1. The van der Waals surface area contributed by atoms with Crippen LogP contribution in [-0.2, 0) is 0 Å². The minimum Gasteiger partial charge on any atom is -0.322 e. The summed E-state index contributed by atoms with van der Waals surface area (Å²) in [4.78, 5) is 14.7. The topological polar surface area (TPSA) is 79.9 Å². The van der Waals surface area contributed by atoms with Gasteiger partial charge in [0, 0.05) is 23.7 Å². The van der Waals surface area contributed by atoms with E-state index in [4.69, 9.17) is 10.5 Å². The zero-order valence-corrected chi connectivity index (χ0v) is 12.1. The van der Waals surface area contributed by atoms with Gasteiger partial charge in [-0.15, -0.1) is 11.8 Å². The second-order valence-corrected chi connectivity index (χ2v) is 4.84. The van der Waals surface area contributed by atoms with E-state index in [0.29, 0.717) is 18.8 Å². The van der Waals surface area contributed by atoms with Crippen LogP contribution in [0, 0.1) is 22.7 Å². The van der Waals surface area contributed by atoms with E-state index in [-0.39, 0.29) is 18.9 Å². The first-order valence-electron chi connectivity index (χ1n) is 6.15. The van der Waals surface area contributed by atoms with Gasteiger partial charge in [-0.05, 0) is 30.5 Å². The average molecular weight is 288 g/mol. The Morgan fingerprint density at radius 2 is 1.75 bits per heavy atom. The molecule has 2 amide bonds. The number of urea groups is 1. The Morgan fingerprint density at radius 3 is 2.20 bits per heavy atom. The molecule has 0 atom stereocenters. The number of carbonyl (C=O) groups excluding carboxylic acids is 1. The summed E-state index contributed by atoms with van der Waals surface area (Å²) in [5.74, 6) is 0. The molecule has 5 nitrogen and oxygen atoms in total. The number of rotatable bonds is 6. The van der Waals surface area contributed by atoms with E-state index in [9.17, 15) is 4.79 Å². The predicted molar refractivity (Wildman–Crippen MR) is 79.3 cm³/mol. The molecule has 0 saturated carbocycles. The minimum absolute atomic E-state index is 0.254. The third-order valence-corrected chi connectivity index (χ3v) is 3.36. The maximum atomic E-state index is 12.1. The SMILES string of the molecule is CSc1ccc(NC(=O)N(CCC#N)CCC#N)cc1. The van der Waals surface area contributed by atoms with Gasteiger partial charge in [-0.3, -0.25) is 0 Å². The number of thioether (sulfide) groups is 1. The number of nitriles is 2. The molecule has 6 heteroatoms. The van der Waals surface area contributed by atoms with Crippen molar-refractivity contribution in [3.63, 3.8) is 0 Å². The summed E-state index contributed by atoms with van der Waals surface area (Å²) in [5, 5.41) is 20.0. The molecule has 0 unspecified atom stereocenters. The van der Waals surface area contributed by atoms with Gasteiger partial charge in [-0.25, -0.2) is 4.79 Å². The Morgan fingerprint density at radius 1 is 1.20 bits per heavy atom. The van der Waals surface area contributed by atoms with Gasteiger partial charge < -0.3 is 10.2 Å². The van der Waals surface area contributed by atoms with Crippen LogP contribution in [0.1, 0.15) is 12.8 Å². The Balaban J connectivity index is 2.63. The highest BCUT2D eigenvalue weighted by Gasteiger charge is 2.12. The summed E-state index contributed by atoms with van der Waals surface area (Å²) in [5.41, 5.74) is 0.701. The van der Waals surface area contributed by atoms with Crippen LogP contribution in [0.4, 0.5) is 10.5 Å². The first-order chi connectivity index (χ1) is 9.71. The molecule has 1 aromatic rings. The van der Waals surface area contributed by atoms with E-state index >= 15 is 0 Å². The normalized spacial score (nSPS) is 9.35. The lowest BCUT2D eigenvalue weighted by Gasteiger charge is -2.20. The molecule has 104 valence electrons. The largest absolute Gasteiger partial charge is 0.322 e. The Bertz CT molecular complexity index is 497. The lowest BCUT2D eigenvalue weighted by atomic mass is 10.3. The molecule has 0 aliphatic rings. The van der Waals surface area contributed by atoms with Crippen LogP contribution in [0.5, 0.6) is 0 Å². The third-order valence-electron chi connectivity index (χ3n) is 2.62. The van der Waals surface area contributed by atoms with E-state index < -0.39 is 0 Å². The monoisotopic (exact) mass is 288 g/mol. The minimum atomic E-state index is -0.285. The fraction of sp³-hybridized carbons (Fsp3) is 0.357. The van der Waals surface area contributed by atoms with Crippen molar-refractivity contribution in [2.24, 2.45) is 0 Å². The highest BCUT2D eigenvalue weighted by Crippen LogP contribution is 2.17. The summed E-state index contributed by atoms with van der Waals surface area (Å²) >= 11 is 1.63. The van der Waals surface area contributed by atoms with Crippen LogP contribution in [0.15, 0.2) is 29.2 Å². The van der Waals surface area contributed by atoms with Gasteiger partial charge in [-0.2, -0.15) is 10.5 Å². The molecule has 0 heterocycles. The van der Waals surface area contributed by atoms with E-state index in [1.165, 1.54) is 4.90 Å².